The zero-order valence-corrected chi connectivity index (χ0v) is 17.2. The molecule has 8 heteroatoms. The highest BCUT2D eigenvalue weighted by molar-refractivity contribution is 6.66. The van der Waals surface area contributed by atoms with Crippen LogP contribution in [0.2, 0.25) is 6.55 Å². The lowest BCUT2D eigenvalue weighted by molar-refractivity contribution is -0.0461. The van der Waals surface area contributed by atoms with Crippen LogP contribution in [0.15, 0.2) is 0 Å². The van der Waals surface area contributed by atoms with Crippen LogP contribution in [0.25, 0.3) is 0 Å². The number of methoxy groups -OCH3 is 2. The maximum absolute atomic E-state index is 6.20. The van der Waals surface area contributed by atoms with Crippen molar-refractivity contribution >= 4 is 18.1 Å². The summed E-state index contributed by atoms with van der Waals surface area (Å²) >= 11 is 0. The third-order valence-corrected chi connectivity index (χ3v) is 8.72. The van der Waals surface area contributed by atoms with Gasteiger partial charge in [-0.1, -0.05) is 13.3 Å². The van der Waals surface area contributed by atoms with Crippen molar-refractivity contribution in [2.75, 3.05) is 53.4 Å². The summed E-state index contributed by atoms with van der Waals surface area (Å²) in [5, 5.41) is 0. The van der Waals surface area contributed by atoms with Crippen molar-refractivity contribution in [2.45, 2.75) is 38.3 Å². The van der Waals surface area contributed by atoms with E-state index in [0.29, 0.717) is 6.61 Å². The van der Waals surface area contributed by atoms with Crippen LogP contribution in [0.4, 0.5) is 0 Å². The van der Waals surface area contributed by atoms with Gasteiger partial charge in [0.05, 0.1) is 12.7 Å². The van der Waals surface area contributed by atoms with Gasteiger partial charge < -0.3 is 28.0 Å². The highest BCUT2D eigenvalue weighted by Crippen LogP contribution is 2.18. The van der Waals surface area contributed by atoms with Gasteiger partial charge in [0.25, 0.3) is 0 Å². The minimum absolute atomic E-state index is 0.0161. The Morgan fingerprint density at radius 1 is 1.32 bits per heavy atom. The fourth-order valence-corrected chi connectivity index (χ4v) is 6.59. The summed E-state index contributed by atoms with van der Waals surface area (Å²) in [7, 11) is 2.59. The summed E-state index contributed by atoms with van der Waals surface area (Å²) < 4.78 is 28.3. The lowest BCUT2D eigenvalue weighted by atomic mass is 10.3. The zero-order chi connectivity index (χ0) is 16.4. The average molecular weight is 352 g/mol. The van der Waals surface area contributed by atoms with Crippen molar-refractivity contribution in [2.24, 2.45) is 0 Å². The molecule has 0 aromatic rings. The summed E-state index contributed by atoms with van der Waals surface area (Å²) in [6.07, 6.45) is 4.32. The van der Waals surface area contributed by atoms with Crippen molar-refractivity contribution in [3.05, 3.63) is 0 Å². The predicted octanol–water partition coefficient (Wildman–Crippen LogP) is 0.464. The number of hydrogen-bond acceptors (Lipinski definition) is 6. The van der Waals surface area contributed by atoms with E-state index in [1.165, 1.54) is 0 Å². The summed E-state index contributed by atoms with van der Waals surface area (Å²) in [6.45, 7) is 6.67. The summed E-state index contributed by atoms with van der Waals surface area (Å²) in [4.78, 5) is 2.45. The van der Waals surface area contributed by atoms with Crippen LogP contribution in [0.3, 0.4) is 0 Å². The normalized spacial score (nSPS) is 27.3. The first kappa shape index (κ1) is 20.2. The smallest absolute Gasteiger partial charge is 0.349 e. The minimum atomic E-state index is -2.11. The van der Waals surface area contributed by atoms with Gasteiger partial charge in [-0.15, -0.1) is 0 Å². The zero-order valence-electron chi connectivity index (χ0n) is 14.8. The van der Waals surface area contributed by atoms with Crippen LogP contribution in [-0.4, -0.2) is 88.4 Å². The molecule has 6 nitrogen and oxygen atoms in total. The van der Waals surface area contributed by atoms with Gasteiger partial charge in [0.15, 0.2) is 0 Å². The first-order chi connectivity index (χ1) is 10.6. The molecular formula is C14H33NO5Si2. The monoisotopic (exact) mass is 351 g/mol. The van der Waals surface area contributed by atoms with Gasteiger partial charge in [-0.3, -0.25) is 0 Å². The summed E-state index contributed by atoms with van der Waals surface area (Å²) in [5.74, 6) is -0.0161. The van der Waals surface area contributed by atoms with Crippen molar-refractivity contribution in [1.29, 1.82) is 0 Å². The van der Waals surface area contributed by atoms with Crippen LogP contribution >= 0.6 is 0 Å². The Balaban J connectivity index is 2.46. The lowest BCUT2D eigenvalue weighted by Crippen LogP contribution is -2.61. The molecule has 0 aliphatic carbocycles. The molecule has 132 valence electrons. The van der Waals surface area contributed by atoms with Crippen LogP contribution < -0.4 is 0 Å². The Hall–Kier alpha value is 0.194. The van der Waals surface area contributed by atoms with Gasteiger partial charge in [-0.05, 0) is 19.1 Å². The largest absolute Gasteiger partial charge is 0.397 e. The number of rotatable bonds is 11. The van der Waals surface area contributed by atoms with E-state index < -0.39 is 18.1 Å². The third-order valence-electron chi connectivity index (χ3n) is 3.97. The van der Waals surface area contributed by atoms with E-state index in [9.17, 15) is 0 Å². The molecular weight excluding hydrogens is 318 g/mol. The van der Waals surface area contributed by atoms with Crippen LogP contribution in [0, 0.1) is 0 Å². The van der Waals surface area contributed by atoms with E-state index in [1.54, 1.807) is 21.3 Å². The Morgan fingerprint density at radius 2 is 2.05 bits per heavy atom. The third kappa shape index (κ3) is 7.18. The molecule has 1 saturated heterocycles. The first-order valence-electron chi connectivity index (χ1n) is 8.15. The Morgan fingerprint density at radius 3 is 2.64 bits per heavy atom. The van der Waals surface area contributed by atoms with Gasteiger partial charge in [0.1, 0.15) is 15.4 Å². The van der Waals surface area contributed by atoms with Gasteiger partial charge in [-0.25, -0.2) is 0 Å². The maximum atomic E-state index is 6.20. The molecule has 1 aliphatic heterocycles. The topological polar surface area (TPSA) is 49.4 Å². The number of unbranched alkanes of at least 4 members (excludes halogenated alkanes) is 1. The lowest BCUT2D eigenvalue weighted by Gasteiger charge is -2.42. The van der Waals surface area contributed by atoms with Crippen LogP contribution in [0.1, 0.15) is 19.8 Å². The van der Waals surface area contributed by atoms with Crippen LogP contribution in [0.5, 0.6) is 0 Å². The molecule has 0 bridgehead atoms. The van der Waals surface area contributed by atoms with Crippen molar-refractivity contribution in [3.8, 4) is 0 Å². The Labute approximate surface area is 138 Å². The first-order valence-corrected chi connectivity index (χ1v) is 12.5. The highest BCUT2D eigenvalue weighted by Gasteiger charge is 2.41. The summed E-state index contributed by atoms with van der Waals surface area (Å²) in [5.41, 5.74) is 0. The quantitative estimate of drug-likeness (QED) is 0.306. The molecule has 2 atom stereocenters. The van der Waals surface area contributed by atoms with Gasteiger partial charge >= 0.3 is 8.56 Å². The van der Waals surface area contributed by atoms with E-state index in [4.69, 9.17) is 23.1 Å². The maximum Gasteiger partial charge on any atom is 0.349 e. The minimum Gasteiger partial charge on any atom is -0.397 e. The van der Waals surface area contributed by atoms with Crippen molar-refractivity contribution in [3.63, 3.8) is 0 Å². The molecule has 0 radical (unpaired) electrons. The van der Waals surface area contributed by atoms with Gasteiger partial charge in [0, 0.05) is 40.6 Å². The Bertz CT molecular complexity index is 296. The number of ether oxygens (including phenoxy) is 3. The fourth-order valence-electron chi connectivity index (χ4n) is 2.64. The molecule has 0 aromatic heterocycles. The van der Waals surface area contributed by atoms with E-state index in [-0.39, 0.29) is 12.0 Å². The van der Waals surface area contributed by atoms with E-state index in [1.807, 2.05) is 0 Å². The molecule has 0 aromatic carbocycles. The second-order valence-corrected chi connectivity index (χ2v) is 10.9. The number of hydrogen-bond donors (Lipinski definition) is 0. The molecule has 2 unspecified atom stereocenters. The summed E-state index contributed by atoms with van der Waals surface area (Å²) in [6, 6.07) is 0. The fraction of sp³-hybridized carbons (Fsp3) is 1.00. The predicted molar refractivity (Wildman–Crippen MR) is 92.0 cm³/mol. The molecule has 1 rings (SSSR count). The molecule has 0 spiro atoms. The molecule has 1 aliphatic rings. The van der Waals surface area contributed by atoms with Gasteiger partial charge in [0.2, 0.25) is 0 Å². The second-order valence-electron chi connectivity index (χ2n) is 5.93. The van der Waals surface area contributed by atoms with E-state index >= 15 is 0 Å². The van der Waals surface area contributed by atoms with Crippen LogP contribution in [-0.2, 0) is 23.1 Å². The standard InChI is InChI=1S/C14H33NO5Si2/c1-6-7-8-19-10-13-9-15(11-21-14(16-2)17-3)12-22(5,18-4)20-13/h13-14H,6-12,21H2,1-5H3. The van der Waals surface area contributed by atoms with Crippen molar-refractivity contribution < 1.29 is 23.1 Å². The van der Waals surface area contributed by atoms with Crippen molar-refractivity contribution in [1.82, 2.24) is 4.90 Å². The SMILES string of the molecule is CCCCOCC1CN(C[SiH2]C(OC)OC)C[Si](C)(OC)O1. The highest BCUT2D eigenvalue weighted by atomic mass is 28.4. The molecule has 0 amide bonds. The molecule has 1 fully saturated rings. The molecule has 0 saturated carbocycles. The molecule has 0 N–H and O–H groups in total. The second kappa shape index (κ2) is 10.9. The molecule has 1 heterocycles. The van der Waals surface area contributed by atoms with Gasteiger partial charge in [-0.2, -0.15) is 0 Å². The Kier molecular flexibility index (Phi) is 10.0. The molecule has 22 heavy (non-hydrogen) atoms. The number of nitrogens with zero attached hydrogens (tertiary/aromatic N) is 1. The average Bonchev–Trinajstić information content (AvgIpc) is 2.52. The van der Waals surface area contributed by atoms with E-state index in [2.05, 4.69) is 18.4 Å². The van der Waals surface area contributed by atoms with E-state index in [0.717, 1.165) is 38.3 Å².